The summed E-state index contributed by atoms with van der Waals surface area (Å²) in [5, 5.41) is 6.61. The van der Waals surface area contributed by atoms with E-state index in [1.165, 1.54) is 42.7 Å². The third-order valence-electron chi connectivity index (χ3n) is 2.94. The Kier molecular flexibility index (Phi) is 5.43. The Hall–Kier alpha value is -2.29. The molecular weight excluding hydrogens is 331 g/mol. The van der Waals surface area contributed by atoms with Gasteiger partial charge in [-0.2, -0.15) is 13.2 Å². The standard InChI is InChI=1S/C14H14F3N3O2S/c1-22-10-4-2-9(3-5-10)12(14(15,16)17)20-13(21)19-8-11-18-6-7-23-11/h2-7,12H,8H2,1H3,(H2,19,20,21)/t12-/m1/s1. The zero-order chi connectivity index (χ0) is 16.9. The van der Waals surface area contributed by atoms with Gasteiger partial charge in [-0.3, -0.25) is 0 Å². The van der Waals surface area contributed by atoms with Crippen molar-refractivity contribution in [2.75, 3.05) is 7.11 Å². The largest absolute Gasteiger partial charge is 0.497 e. The number of thiazole rings is 1. The van der Waals surface area contributed by atoms with E-state index in [0.717, 1.165) is 0 Å². The molecule has 1 aromatic heterocycles. The van der Waals surface area contributed by atoms with Crippen molar-refractivity contribution in [1.82, 2.24) is 15.6 Å². The third-order valence-corrected chi connectivity index (χ3v) is 3.72. The smallest absolute Gasteiger partial charge is 0.412 e. The number of carbonyl (C=O) groups excluding carboxylic acids is 1. The van der Waals surface area contributed by atoms with E-state index in [1.54, 1.807) is 11.6 Å². The highest BCUT2D eigenvalue weighted by atomic mass is 32.1. The maximum absolute atomic E-state index is 13.2. The van der Waals surface area contributed by atoms with Crippen LogP contribution in [-0.4, -0.2) is 24.3 Å². The van der Waals surface area contributed by atoms with Gasteiger partial charge in [-0.25, -0.2) is 9.78 Å². The van der Waals surface area contributed by atoms with Crippen molar-refractivity contribution >= 4 is 17.4 Å². The molecule has 0 saturated heterocycles. The van der Waals surface area contributed by atoms with Crippen LogP contribution in [0.25, 0.3) is 0 Å². The topological polar surface area (TPSA) is 63.2 Å². The van der Waals surface area contributed by atoms with Gasteiger partial charge in [0.25, 0.3) is 0 Å². The molecule has 124 valence electrons. The lowest BCUT2D eigenvalue weighted by molar-refractivity contribution is -0.154. The Morgan fingerprint density at radius 2 is 2.04 bits per heavy atom. The molecule has 0 radical (unpaired) electrons. The van der Waals surface area contributed by atoms with Crippen molar-refractivity contribution < 1.29 is 22.7 Å². The summed E-state index contributed by atoms with van der Waals surface area (Å²) in [5.74, 6) is 0.433. The predicted molar refractivity (Wildman–Crippen MR) is 79.3 cm³/mol. The summed E-state index contributed by atoms with van der Waals surface area (Å²) >= 11 is 1.30. The molecule has 1 aromatic carbocycles. The number of hydrogen-bond acceptors (Lipinski definition) is 4. The summed E-state index contributed by atoms with van der Waals surface area (Å²) in [7, 11) is 1.42. The van der Waals surface area contributed by atoms with Crippen molar-refractivity contribution in [2.45, 2.75) is 18.8 Å². The molecule has 2 N–H and O–H groups in total. The summed E-state index contributed by atoms with van der Waals surface area (Å²) in [6.07, 6.45) is -3.07. The molecule has 0 saturated carbocycles. The van der Waals surface area contributed by atoms with E-state index in [2.05, 4.69) is 10.3 Å². The van der Waals surface area contributed by atoms with Crippen LogP contribution in [-0.2, 0) is 6.54 Å². The summed E-state index contributed by atoms with van der Waals surface area (Å²) < 4.78 is 44.4. The second-order valence-electron chi connectivity index (χ2n) is 4.50. The number of aromatic nitrogens is 1. The van der Waals surface area contributed by atoms with Crippen molar-refractivity contribution in [3.8, 4) is 5.75 Å². The third kappa shape index (κ3) is 4.85. The van der Waals surface area contributed by atoms with Gasteiger partial charge in [-0.05, 0) is 17.7 Å². The highest BCUT2D eigenvalue weighted by molar-refractivity contribution is 7.09. The van der Waals surface area contributed by atoms with Crippen LogP contribution in [0, 0.1) is 0 Å². The number of benzene rings is 1. The van der Waals surface area contributed by atoms with E-state index < -0.39 is 18.2 Å². The van der Waals surface area contributed by atoms with Crippen LogP contribution in [0.4, 0.5) is 18.0 Å². The number of nitrogens with one attached hydrogen (secondary N) is 2. The second kappa shape index (κ2) is 7.32. The van der Waals surface area contributed by atoms with Gasteiger partial charge in [-0.15, -0.1) is 11.3 Å². The highest BCUT2D eigenvalue weighted by Crippen LogP contribution is 2.33. The Labute approximate surface area is 134 Å². The van der Waals surface area contributed by atoms with Gasteiger partial charge in [-0.1, -0.05) is 12.1 Å². The maximum atomic E-state index is 13.2. The van der Waals surface area contributed by atoms with Gasteiger partial charge in [0.2, 0.25) is 0 Å². The lowest BCUT2D eigenvalue weighted by Crippen LogP contribution is -2.43. The van der Waals surface area contributed by atoms with Crippen LogP contribution in [0.1, 0.15) is 16.6 Å². The highest BCUT2D eigenvalue weighted by Gasteiger charge is 2.41. The number of ether oxygens (including phenoxy) is 1. The molecule has 0 bridgehead atoms. The Morgan fingerprint density at radius 3 is 2.57 bits per heavy atom. The SMILES string of the molecule is COc1ccc([C@@H](NC(=O)NCc2nccs2)C(F)(F)F)cc1. The first kappa shape index (κ1) is 17.1. The van der Waals surface area contributed by atoms with E-state index in [1.807, 2.05) is 5.32 Å². The van der Waals surface area contributed by atoms with Gasteiger partial charge in [0.05, 0.1) is 13.7 Å². The zero-order valence-electron chi connectivity index (χ0n) is 12.1. The summed E-state index contributed by atoms with van der Waals surface area (Å²) in [6, 6.07) is 2.31. The van der Waals surface area contributed by atoms with Gasteiger partial charge < -0.3 is 15.4 Å². The van der Waals surface area contributed by atoms with Crippen LogP contribution in [0.5, 0.6) is 5.75 Å². The average molecular weight is 345 g/mol. The van der Waals surface area contributed by atoms with E-state index in [4.69, 9.17) is 4.74 Å². The van der Waals surface area contributed by atoms with Gasteiger partial charge >= 0.3 is 12.2 Å². The van der Waals surface area contributed by atoms with Gasteiger partial charge in [0.15, 0.2) is 6.04 Å². The van der Waals surface area contributed by atoms with Gasteiger partial charge in [0, 0.05) is 11.6 Å². The Morgan fingerprint density at radius 1 is 1.35 bits per heavy atom. The number of nitrogens with zero attached hydrogens (tertiary/aromatic N) is 1. The van der Waals surface area contributed by atoms with Crippen LogP contribution in [0.2, 0.25) is 0 Å². The number of hydrogen-bond donors (Lipinski definition) is 2. The van der Waals surface area contributed by atoms with E-state index in [-0.39, 0.29) is 12.1 Å². The number of rotatable bonds is 5. The van der Waals surface area contributed by atoms with Crippen molar-refractivity contribution in [1.29, 1.82) is 0 Å². The lowest BCUT2D eigenvalue weighted by Gasteiger charge is -2.22. The fraction of sp³-hybridized carbons (Fsp3) is 0.286. The monoisotopic (exact) mass is 345 g/mol. The number of carbonyl (C=O) groups is 1. The molecule has 0 aliphatic carbocycles. The molecule has 0 fully saturated rings. The van der Waals surface area contributed by atoms with Crippen molar-refractivity contribution in [2.24, 2.45) is 0 Å². The van der Waals surface area contributed by atoms with E-state index in [9.17, 15) is 18.0 Å². The summed E-state index contributed by atoms with van der Waals surface area (Å²) in [4.78, 5) is 15.7. The maximum Gasteiger partial charge on any atom is 0.412 e. The van der Waals surface area contributed by atoms with Crippen LogP contribution < -0.4 is 15.4 Å². The van der Waals surface area contributed by atoms with Crippen LogP contribution >= 0.6 is 11.3 Å². The average Bonchev–Trinajstić information content (AvgIpc) is 3.03. The first-order valence-corrected chi connectivity index (χ1v) is 7.41. The first-order valence-electron chi connectivity index (χ1n) is 6.53. The number of alkyl halides is 3. The van der Waals surface area contributed by atoms with E-state index in [0.29, 0.717) is 10.8 Å². The minimum absolute atomic E-state index is 0.0662. The molecule has 0 aliphatic rings. The Balaban J connectivity index is 2.04. The van der Waals surface area contributed by atoms with Crippen molar-refractivity contribution in [3.63, 3.8) is 0 Å². The molecule has 9 heteroatoms. The number of amides is 2. The first-order chi connectivity index (χ1) is 10.9. The fourth-order valence-corrected chi connectivity index (χ4v) is 2.38. The molecule has 0 spiro atoms. The quantitative estimate of drug-likeness (QED) is 0.874. The molecule has 23 heavy (non-hydrogen) atoms. The minimum Gasteiger partial charge on any atom is -0.497 e. The molecule has 1 heterocycles. The normalized spacial score (nSPS) is 12.5. The molecule has 0 aliphatic heterocycles. The molecular formula is C14H14F3N3O2S. The van der Waals surface area contributed by atoms with Gasteiger partial charge in [0.1, 0.15) is 10.8 Å². The molecule has 5 nitrogen and oxygen atoms in total. The predicted octanol–water partition coefficient (Wildman–Crippen LogP) is 3.25. The number of urea groups is 1. The number of methoxy groups -OCH3 is 1. The molecule has 2 rings (SSSR count). The molecule has 0 unspecified atom stereocenters. The van der Waals surface area contributed by atoms with Crippen LogP contribution in [0.15, 0.2) is 35.8 Å². The Bertz CT molecular complexity index is 630. The molecule has 2 aromatic rings. The van der Waals surface area contributed by atoms with Crippen LogP contribution in [0.3, 0.4) is 0 Å². The summed E-state index contributed by atoms with van der Waals surface area (Å²) in [6.45, 7) is 0.0662. The number of halogens is 3. The molecule has 2 amide bonds. The minimum atomic E-state index is -4.62. The zero-order valence-corrected chi connectivity index (χ0v) is 12.9. The fourth-order valence-electron chi connectivity index (χ4n) is 1.83. The second-order valence-corrected chi connectivity index (χ2v) is 5.48. The van der Waals surface area contributed by atoms with E-state index >= 15 is 0 Å². The lowest BCUT2D eigenvalue weighted by atomic mass is 10.1. The summed E-state index contributed by atoms with van der Waals surface area (Å²) in [5.41, 5.74) is -0.0808. The van der Waals surface area contributed by atoms with Crippen molar-refractivity contribution in [3.05, 3.63) is 46.4 Å². The molecule has 1 atom stereocenters.